The molecule has 2 aromatic heterocycles. The van der Waals surface area contributed by atoms with E-state index in [0.717, 1.165) is 5.69 Å². The van der Waals surface area contributed by atoms with E-state index < -0.39 is 5.97 Å². The molecule has 0 radical (unpaired) electrons. The average molecular weight is 382 g/mol. The van der Waals surface area contributed by atoms with Crippen LogP contribution in [0.4, 0.5) is 0 Å². The number of hydrogen-bond donors (Lipinski definition) is 2. The Kier molecular flexibility index (Phi) is 6.07. The van der Waals surface area contributed by atoms with Crippen LogP contribution < -0.4 is 10.2 Å². The van der Waals surface area contributed by atoms with E-state index in [-0.39, 0.29) is 21.9 Å². The minimum atomic E-state index is -0.670. The van der Waals surface area contributed by atoms with Crippen molar-refractivity contribution in [1.82, 2.24) is 14.3 Å². The van der Waals surface area contributed by atoms with E-state index in [1.54, 1.807) is 31.8 Å². The molecule has 0 amide bonds. The Morgan fingerprint density at radius 1 is 1.48 bits per heavy atom. The van der Waals surface area contributed by atoms with Gasteiger partial charge in [0.05, 0.1) is 22.0 Å². The van der Waals surface area contributed by atoms with Crippen LogP contribution in [0.2, 0.25) is 5.02 Å². The zero-order chi connectivity index (χ0) is 18.7. The summed E-state index contributed by atoms with van der Waals surface area (Å²) in [6.07, 6.45) is 1.49. The van der Waals surface area contributed by atoms with E-state index in [1.807, 2.05) is 13.8 Å². The number of pyridine rings is 1. The van der Waals surface area contributed by atoms with Crippen LogP contribution in [0, 0.1) is 17.7 Å². The summed E-state index contributed by atoms with van der Waals surface area (Å²) in [5.74, 6) is 0.301. The minimum Gasteiger partial charge on any atom is -0.404 e. The third-order valence-electron chi connectivity index (χ3n) is 3.30. The van der Waals surface area contributed by atoms with Gasteiger partial charge in [-0.05, 0) is 18.2 Å². The number of carbonyl (C=O) groups excluding carboxylic acids is 1. The number of ether oxygens (including phenoxy) is 1. The Bertz CT molecular complexity index is 872. The molecular weight excluding hydrogens is 362 g/mol. The first-order chi connectivity index (χ1) is 11.7. The molecule has 0 saturated carbocycles. The van der Waals surface area contributed by atoms with E-state index in [2.05, 4.69) is 5.10 Å². The molecule has 134 valence electrons. The maximum atomic E-state index is 12.3. The van der Waals surface area contributed by atoms with Crippen molar-refractivity contribution in [2.24, 2.45) is 7.05 Å². The van der Waals surface area contributed by atoms with E-state index >= 15 is 0 Å². The van der Waals surface area contributed by atoms with Crippen LogP contribution in [0.3, 0.4) is 0 Å². The summed E-state index contributed by atoms with van der Waals surface area (Å²) < 4.78 is 8.09. The highest BCUT2D eigenvalue weighted by Gasteiger charge is 2.18. The van der Waals surface area contributed by atoms with E-state index in [1.165, 1.54) is 21.5 Å². The Morgan fingerprint density at radius 2 is 2.16 bits per heavy atom. The van der Waals surface area contributed by atoms with Gasteiger partial charge in [-0.15, -0.1) is 0 Å². The number of carbonyl (C=O) groups is 1. The summed E-state index contributed by atoms with van der Waals surface area (Å²) >= 11 is 7.77. The molecule has 0 unspecified atom stereocenters. The van der Waals surface area contributed by atoms with Crippen LogP contribution in [0.25, 0.3) is 0 Å². The minimum absolute atomic E-state index is 0.0503. The molecule has 0 aliphatic heterocycles. The van der Waals surface area contributed by atoms with Crippen molar-refractivity contribution in [1.29, 1.82) is 10.8 Å². The standard InChI is InChI=1S/C16H20ClN5O2S/c1-9(2)25-8-12(18)22-6-5-11(14(17)15(22)19)16(23)24-13-7-10(3)20-21(13)4/h5-7,9,18-19H,8H2,1-4H3. The van der Waals surface area contributed by atoms with Crippen molar-refractivity contribution >= 4 is 35.2 Å². The van der Waals surface area contributed by atoms with E-state index in [9.17, 15) is 4.79 Å². The predicted octanol–water partition coefficient (Wildman–Crippen LogP) is 2.85. The molecule has 2 rings (SSSR count). The van der Waals surface area contributed by atoms with E-state index in [0.29, 0.717) is 16.9 Å². The normalized spacial score (nSPS) is 11.0. The van der Waals surface area contributed by atoms with Gasteiger partial charge in [0.1, 0.15) is 11.3 Å². The zero-order valence-electron chi connectivity index (χ0n) is 14.5. The van der Waals surface area contributed by atoms with Crippen molar-refractivity contribution in [3.05, 3.63) is 40.1 Å². The highest BCUT2D eigenvalue weighted by Crippen LogP contribution is 2.17. The summed E-state index contributed by atoms with van der Waals surface area (Å²) in [7, 11) is 1.67. The number of hydrogen-bond acceptors (Lipinski definition) is 6. The van der Waals surface area contributed by atoms with Crippen molar-refractivity contribution in [3.8, 4) is 5.88 Å². The summed E-state index contributed by atoms with van der Waals surface area (Å²) in [6, 6.07) is 3.09. The molecular formula is C16H20ClN5O2S. The molecule has 2 aromatic rings. The van der Waals surface area contributed by atoms with Crippen LogP contribution in [-0.2, 0) is 7.05 Å². The third kappa shape index (κ3) is 4.52. The molecule has 0 saturated heterocycles. The highest BCUT2D eigenvalue weighted by atomic mass is 35.5. The lowest BCUT2D eigenvalue weighted by atomic mass is 10.2. The second-order valence-corrected chi connectivity index (χ2v) is 7.65. The molecule has 7 nitrogen and oxygen atoms in total. The molecule has 0 aliphatic rings. The van der Waals surface area contributed by atoms with Gasteiger partial charge in [0.25, 0.3) is 0 Å². The second-order valence-electron chi connectivity index (χ2n) is 5.71. The first kappa shape index (κ1) is 19.3. The van der Waals surface area contributed by atoms with Crippen molar-refractivity contribution in [2.75, 3.05) is 5.75 Å². The van der Waals surface area contributed by atoms with Crippen LogP contribution in [0.1, 0.15) is 29.9 Å². The SMILES string of the molecule is Cc1cc(OC(=O)c2ccn(C(=N)CSC(C)C)c(=N)c2Cl)n(C)n1. The summed E-state index contributed by atoms with van der Waals surface area (Å²) in [5.41, 5.74) is 0.678. The van der Waals surface area contributed by atoms with Gasteiger partial charge in [0.2, 0.25) is 5.88 Å². The number of aryl methyl sites for hydroxylation is 2. The van der Waals surface area contributed by atoms with Crippen molar-refractivity contribution < 1.29 is 9.53 Å². The Labute approximate surface area is 155 Å². The first-order valence-electron chi connectivity index (χ1n) is 7.58. The smallest absolute Gasteiger partial charge is 0.346 e. The Balaban J connectivity index is 2.24. The van der Waals surface area contributed by atoms with Gasteiger partial charge in [0.15, 0.2) is 0 Å². The first-order valence-corrected chi connectivity index (χ1v) is 9.01. The second kappa shape index (κ2) is 7.88. The summed E-state index contributed by atoms with van der Waals surface area (Å²) in [4.78, 5) is 12.3. The maximum Gasteiger partial charge on any atom is 0.346 e. The van der Waals surface area contributed by atoms with Gasteiger partial charge in [-0.2, -0.15) is 16.9 Å². The lowest BCUT2D eigenvalue weighted by Crippen LogP contribution is -2.30. The lowest BCUT2D eigenvalue weighted by Gasteiger charge is -2.12. The summed E-state index contributed by atoms with van der Waals surface area (Å²) in [6.45, 7) is 5.87. The lowest BCUT2D eigenvalue weighted by molar-refractivity contribution is 0.0720. The molecule has 0 fully saturated rings. The molecule has 0 bridgehead atoms. The molecule has 25 heavy (non-hydrogen) atoms. The fourth-order valence-corrected chi connectivity index (χ4v) is 2.92. The Morgan fingerprint density at radius 3 is 2.72 bits per heavy atom. The number of nitrogens with one attached hydrogen (secondary N) is 2. The zero-order valence-corrected chi connectivity index (χ0v) is 16.0. The Hall–Kier alpha value is -2.06. The molecule has 0 spiro atoms. The molecule has 2 N–H and O–H groups in total. The van der Waals surface area contributed by atoms with Crippen molar-refractivity contribution in [3.63, 3.8) is 0 Å². The van der Waals surface area contributed by atoms with Gasteiger partial charge in [-0.1, -0.05) is 25.4 Å². The quantitative estimate of drug-likeness (QED) is 0.472. The topological polar surface area (TPSA) is 96.8 Å². The average Bonchev–Trinajstić information content (AvgIpc) is 2.84. The maximum absolute atomic E-state index is 12.3. The number of rotatable bonds is 5. The fraction of sp³-hybridized carbons (Fsp3) is 0.375. The number of thioether (sulfide) groups is 1. The molecule has 0 aromatic carbocycles. The molecule has 0 aliphatic carbocycles. The van der Waals surface area contributed by atoms with Gasteiger partial charge >= 0.3 is 5.97 Å². The van der Waals surface area contributed by atoms with E-state index in [4.69, 9.17) is 27.2 Å². The predicted molar refractivity (Wildman–Crippen MR) is 98.9 cm³/mol. The monoisotopic (exact) mass is 381 g/mol. The number of esters is 1. The molecule has 2 heterocycles. The van der Waals surface area contributed by atoms with Crippen molar-refractivity contribution in [2.45, 2.75) is 26.0 Å². The van der Waals surface area contributed by atoms with Gasteiger partial charge in [0, 0.05) is 19.3 Å². The largest absolute Gasteiger partial charge is 0.404 e. The highest BCUT2D eigenvalue weighted by molar-refractivity contribution is 8.00. The van der Waals surface area contributed by atoms with Crippen LogP contribution in [0.15, 0.2) is 18.3 Å². The van der Waals surface area contributed by atoms with Crippen LogP contribution >= 0.6 is 23.4 Å². The van der Waals surface area contributed by atoms with Gasteiger partial charge in [-0.25, -0.2) is 9.48 Å². The van der Waals surface area contributed by atoms with Gasteiger partial charge < -0.3 is 4.74 Å². The third-order valence-corrected chi connectivity index (χ3v) is 4.79. The molecule has 9 heteroatoms. The number of aromatic nitrogens is 3. The van der Waals surface area contributed by atoms with Crippen LogP contribution in [0.5, 0.6) is 5.88 Å². The van der Waals surface area contributed by atoms with Crippen LogP contribution in [-0.4, -0.2) is 37.2 Å². The number of halogens is 1. The summed E-state index contributed by atoms with van der Waals surface area (Å²) in [5, 5.41) is 20.6. The molecule has 0 atom stereocenters. The fourth-order valence-electron chi connectivity index (χ4n) is 2.06. The number of nitrogens with zero attached hydrogens (tertiary/aromatic N) is 3. The van der Waals surface area contributed by atoms with Gasteiger partial charge in [-0.3, -0.25) is 15.4 Å².